The normalized spacial score (nSPS) is 23.0. The van der Waals surface area contributed by atoms with Crippen LogP contribution >= 0.6 is 0 Å². The van der Waals surface area contributed by atoms with Crippen molar-refractivity contribution in [3.05, 3.63) is 29.7 Å². The van der Waals surface area contributed by atoms with Crippen LogP contribution in [0, 0.1) is 0 Å². The molecule has 1 N–H and O–H groups in total. The molecule has 2 aromatic rings. The standard InChI is InChI=1S/C19H25F3N6O/c1-3-13-10-16(19(20,21)22)28-17(24-13)11-14(25-28)12-5-8-27(9-6-12)18(29)15-4-7-23-26(15)2/h4,7,11-13,16,24H,3,5-6,8-10H2,1-2H3/t13-,16-/m1/s1. The van der Waals surface area contributed by atoms with E-state index in [0.717, 1.165) is 4.68 Å². The van der Waals surface area contributed by atoms with E-state index in [1.54, 1.807) is 35.0 Å². The van der Waals surface area contributed by atoms with Crippen molar-refractivity contribution in [2.24, 2.45) is 7.05 Å². The Morgan fingerprint density at radius 3 is 2.62 bits per heavy atom. The summed E-state index contributed by atoms with van der Waals surface area (Å²) in [6.45, 7) is 2.97. The summed E-state index contributed by atoms with van der Waals surface area (Å²) >= 11 is 0. The van der Waals surface area contributed by atoms with E-state index >= 15 is 0 Å². The molecule has 2 aromatic heterocycles. The smallest absolute Gasteiger partial charge is 0.367 e. The highest BCUT2D eigenvalue weighted by Gasteiger charge is 2.46. The van der Waals surface area contributed by atoms with Crippen LogP contribution in [-0.2, 0) is 7.05 Å². The van der Waals surface area contributed by atoms with E-state index in [-0.39, 0.29) is 24.3 Å². The van der Waals surface area contributed by atoms with Crippen molar-refractivity contribution in [1.29, 1.82) is 0 Å². The Morgan fingerprint density at radius 2 is 2.03 bits per heavy atom. The zero-order chi connectivity index (χ0) is 20.8. The zero-order valence-corrected chi connectivity index (χ0v) is 16.5. The van der Waals surface area contributed by atoms with Crippen LogP contribution in [0.5, 0.6) is 0 Å². The summed E-state index contributed by atoms with van der Waals surface area (Å²) < 4.78 is 43.3. The second-order valence-electron chi connectivity index (χ2n) is 7.85. The van der Waals surface area contributed by atoms with Crippen LogP contribution in [0.15, 0.2) is 18.3 Å². The molecule has 0 aliphatic carbocycles. The maximum atomic E-state index is 13.5. The van der Waals surface area contributed by atoms with E-state index in [4.69, 9.17) is 0 Å². The van der Waals surface area contributed by atoms with Gasteiger partial charge in [-0.05, 0) is 31.7 Å². The Hall–Kier alpha value is -2.52. The van der Waals surface area contributed by atoms with E-state index in [0.29, 0.717) is 49.6 Å². The second kappa shape index (κ2) is 7.38. The summed E-state index contributed by atoms with van der Waals surface area (Å²) in [6.07, 6.45) is -0.773. The number of nitrogens with one attached hydrogen (secondary N) is 1. The molecule has 0 spiro atoms. The summed E-state index contributed by atoms with van der Waals surface area (Å²) in [6, 6.07) is 1.63. The number of rotatable bonds is 3. The van der Waals surface area contributed by atoms with Gasteiger partial charge in [-0.1, -0.05) is 6.92 Å². The molecule has 0 bridgehead atoms. The molecule has 2 aliphatic heterocycles. The molecule has 7 nitrogen and oxygen atoms in total. The molecule has 4 heterocycles. The Balaban J connectivity index is 1.48. The highest BCUT2D eigenvalue weighted by molar-refractivity contribution is 5.92. The molecule has 0 radical (unpaired) electrons. The number of aryl methyl sites for hydroxylation is 1. The quantitative estimate of drug-likeness (QED) is 0.843. The van der Waals surface area contributed by atoms with Gasteiger partial charge in [-0.2, -0.15) is 23.4 Å². The number of anilines is 1. The van der Waals surface area contributed by atoms with Gasteiger partial charge in [-0.3, -0.25) is 9.48 Å². The highest BCUT2D eigenvalue weighted by atomic mass is 19.4. The molecule has 1 amide bonds. The SMILES string of the molecule is CC[C@@H]1C[C@H](C(F)(F)F)n2nc(C3CCN(C(=O)c4ccnn4C)CC3)cc2N1. The summed E-state index contributed by atoms with van der Waals surface area (Å²) in [5.41, 5.74) is 1.20. The van der Waals surface area contributed by atoms with Gasteiger partial charge in [0.25, 0.3) is 5.91 Å². The molecule has 0 aromatic carbocycles. The minimum absolute atomic E-state index is 0.00817. The first kappa shape index (κ1) is 19.8. The van der Waals surface area contributed by atoms with Gasteiger partial charge in [0.1, 0.15) is 11.5 Å². The first-order valence-electron chi connectivity index (χ1n) is 9.98. The number of hydrogen-bond acceptors (Lipinski definition) is 4. The van der Waals surface area contributed by atoms with Crippen LogP contribution in [0.1, 0.15) is 60.7 Å². The van der Waals surface area contributed by atoms with Crippen molar-refractivity contribution >= 4 is 11.7 Å². The van der Waals surface area contributed by atoms with Gasteiger partial charge in [0.05, 0.1) is 5.69 Å². The monoisotopic (exact) mass is 410 g/mol. The third kappa shape index (κ3) is 3.72. The predicted molar refractivity (Wildman–Crippen MR) is 101 cm³/mol. The zero-order valence-electron chi connectivity index (χ0n) is 16.5. The molecular weight excluding hydrogens is 385 g/mol. The van der Waals surface area contributed by atoms with Crippen molar-refractivity contribution in [1.82, 2.24) is 24.5 Å². The van der Waals surface area contributed by atoms with E-state index in [9.17, 15) is 18.0 Å². The summed E-state index contributed by atoms with van der Waals surface area (Å²) in [5, 5.41) is 11.6. The summed E-state index contributed by atoms with van der Waals surface area (Å²) in [4.78, 5) is 14.4. The van der Waals surface area contributed by atoms with E-state index < -0.39 is 12.2 Å². The number of halogens is 3. The van der Waals surface area contributed by atoms with E-state index in [1.165, 1.54) is 0 Å². The molecule has 1 saturated heterocycles. The van der Waals surface area contributed by atoms with Crippen LogP contribution in [0.2, 0.25) is 0 Å². The Morgan fingerprint density at radius 1 is 1.31 bits per heavy atom. The minimum atomic E-state index is -4.33. The van der Waals surface area contributed by atoms with Gasteiger partial charge in [0.2, 0.25) is 0 Å². The molecule has 0 saturated carbocycles. The number of likely N-dealkylation sites (tertiary alicyclic amines) is 1. The maximum Gasteiger partial charge on any atom is 0.410 e. The fraction of sp³-hybridized carbons (Fsp3) is 0.632. The molecule has 1 fully saturated rings. The fourth-order valence-corrected chi connectivity index (χ4v) is 4.26. The predicted octanol–water partition coefficient (Wildman–Crippen LogP) is 3.33. The maximum absolute atomic E-state index is 13.5. The van der Waals surface area contributed by atoms with E-state index in [2.05, 4.69) is 15.5 Å². The van der Waals surface area contributed by atoms with Gasteiger partial charge < -0.3 is 10.2 Å². The number of carbonyl (C=O) groups is 1. The van der Waals surface area contributed by atoms with Crippen molar-refractivity contribution in [2.45, 2.75) is 56.8 Å². The Bertz CT molecular complexity index is 881. The van der Waals surface area contributed by atoms with Crippen LogP contribution in [0.25, 0.3) is 0 Å². The van der Waals surface area contributed by atoms with Crippen molar-refractivity contribution in [2.75, 3.05) is 18.4 Å². The second-order valence-corrected chi connectivity index (χ2v) is 7.85. The average molecular weight is 410 g/mol. The largest absolute Gasteiger partial charge is 0.410 e. The Kier molecular flexibility index (Phi) is 5.04. The number of hydrogen-bond donors (Lipinski definition) is 1. The molecule has 0 unspecified atom stereocenters. The van der Waals surface area contributed by atoms with Crippen LogP contribution in [0.3, 0.4) is 0 Å². The van der Waals surface area contributed by atoms with Crippen LogP contribution in [0.4, 0.5) is 19.0 Å². The number of alkyl halides is 3. The van der Waals surface area contributed by atoms with Gasteiger partial charge in [0, 0.05) is 44.4 Å². The number of nitrogens with zero attached hydrogens (tertiary/aromatic N) is 5. The lowest BCUT2D eigenvalue weighted by molar-refractivity contribution is -0.173. The number of aromatic nitrogens is 4. The first-order valence-corrected chi connectivity index (χ1v) is 9.98. The Labute approximate surface area is 166 Å². The van der Waals surface area contributed by atoms with Crippen LogP contribution in [-0.4, -0.2) is 55.7 Å². The molecule has 2 aliphatic rings. The lowest BCUT2D eigenvalue weighted by Crippen LogP contribution is -2.39. The van der Waals surface area contributed by atoms with Crippen molar-refractivity contribution in [3.63, 3.8) is 0 Å². The number of carbonyl (C=O) groups excluding carboxylic acids is 1. The number of fused-ring (bicyclic) bond motifs is 1. The minimum Gasteiger partial charge on any atom is -0.367 e. The fourth-order valence-electron chi connectivity index (χ4n) is 4.26. The molecule has 29 heavy (non-hydrogen) atoms. The van der Waals surface area contributed by atoms with Gasteiger partial charge >= 0.3 is 6.18 Å². The molecule has 4 rings (SSSR count). The van der Waals surface area contributed by atoms with Crippen molar-refractivity contribution in [3.8, 4) is 0 Å². The van der Waals surface area contributed by atoms with Gasteiger partial charge in [-0.25, -0.2) is 4.68 Å². The van der Waals surface area contributed by atoms with Crippen molar-refractivity contribution < 1.29 is 18.0 Å². The third-order valence-corrected chi connectivity index (χ3v) is 6.02. The lowest BCUT2D eigenvalue weighted by atomic mass is 9.93. The summed E-state index contributed by atoms with van der Waals surface area (Å²) in [5.74, 6) is 0.408. The van der Waals surface area contributed by atoms with Gasteiger partial charge in [0.15, 0.2) is 6.04 Å². The molecule has 2 atom stereocenters. The molecule has 10 heteroatoms. The highest BCUT2D eigenvalue weighted by Crippen LogP contribution is 2.41. The lowest BCUT2D eigenvalue weighted by Gasteiger charge is -2.32. The average Bonchev–Trinajstić information content (AvgIpc) is 3.31. The third-order valence-electron chi connectivity index (χ3n) is 6.02. The van der Waals surface area contributed by atoms with E-state index in [1.807, 2.05) is 6.92 Å². The van der Waals surface area contributed by atoms with Crippen LogP contribution < -0.4 is 5.32 Å². The topological polar surface area (TPSA) is 68.0 Å². The molecule has 158 valence electrons. The molecular formula is C19H25F3N6O. The number of amides is 1. The summed E-state index contributed by atoms with van der Waals surface area (Å²) in [7, 11) is 1.73. The first-order chi connectivity index (χ1) is 13.8. The van der Waals surface area contributed by atoms with Gasteiger partial charge in [-0.15, -0.1) is 0 Å². The number of piperidine rings is 1.